The maximum absolute atomic E-state index is 14.7. The molecule has 0 spiro atoms. The number of halogens is 3. The molecule has 31 heavy (non-hydrogen) atoms. The minimum atomic E-state index is -3.98. The Kier molecular flexibility index (Phi) is 9.94. The number of carbonyl (C=O) groups is 3. The summed E-state index contributed by atoms with van der Waals surface area (Å²) in [5, 5.41) is 51.3. The Bertz CT molecular complexity index is 658. The van der Waals surface area contributed by atoms with Crippen LogP contribution in [0.4, 0.5) is 8.78 Å². The fourth-order valence-corrected chi connectivity index (χ4v) is 2.98. The van der Waals surface area contributed by atoms with Crippen molar-refractivity contribution in [2.75, 3.05) is 6.61 Å². The molecule has 0 saturated carbocycles. The second-order valence-electron chi connectivity index (χ2n) is 7.18. The number of amides is 2. The maximum atomic E-state index is 14.7. The van der Waals surface area contributed by atoms with E-state index in [1.54, 1.807) is 0 Å². The van der Waals surface area contributed by atoms with Gasteiger partial charge in [-0.15, -0.1) is 0 Å². The number of carboxylic acid groups (broad SMARTS) is 1. The number of aliphatic carboxylic acids is 1. The lowest BCUT2D eigenvalue weighted by atomic mass is 9.89. The smallest absolute Gasteiger partial charge is 0.325 e. The Morgan fingerprint density at radius 1 is 1.03 bits per heavy atom. The molecule has 8 N–H and O–H groups in total. The number of alkyl halides is 2. The molecular weight excluding hydrogens is 452 g/mol. The zero-order valence-corrected chi connectivity index (χ0v) is 17.3. The Balaban J connectivity index is 2.84. The summed E-state index contributed by atoms with van der Waals surface area (Å²) >= 11 is 5.39. The average Bonchev–Trinajstić information content (AvgIpc) is 2.69. The standard InChI is InChI=1S/C16H26ClF2N3O9/c1-5(13(27)21-6(2)15(29)30)20-14(28)7(22-17)3-16(18,19)12-11(26)10(25)9(24)8(4-23)31-12/h5-12,22-26H,3-4H2,1-2H3,(H,20,28)(H,21,27)(H,29,30)/t5-,6-,7?,8+,9-,10-,11+,12+/m0/s1. The highest BCUT2D eigenvalue weighted by Gasteiger charge is 2.55. The van der Waals surface area contributed by atoms with Crippen LogP contribution in [0.2, 0.25) is 0 Å². The normalized spacial score (nSPS) is 29.5. The zero-order chi connectivity index (χ0) is 24.1. The van der Waals surface area contributed by atoms with E-state index in [9.17, 15) is 38.5 Å². The van der Waals surface area contributed by atoms with Crippen LogP contribution in [0, 0.1) is 0 Å². The highest BCUT2D eigenvalue weighted by molar-refractivity contribution is 6.15. The summed E-state index contributed by atoms with van der Waals surface area (Å²) in [5.74, 6) is -7.35. The van der Waals surface area contributed by atoms with E-state index in [4.69, 9.17) is 26.7 Å². The van der Waals surface area contributed by atoms with Gasteiger partial charge < -0.3 is 40.9 Å². The topological polar surface area (TPSA) is 198 Å². The molecular formula is C16H26ClF2N3O9. The van der Waals surface area contributed by atoms with Crippen LogP contribution in [0.3, 0.4) is 0 Å². The summed E-state index contributed by atoms with van der Waals surface area (Å²) in [6.07, 6.45) is -11.5. The molecule has 0 aromatic heterocycles. The third-order valence-electron chi connectivity index (χ3n) is 4.71. The molecule has 0 aromatic carbocycles. The van der Waals surface area contributed by atoms with E-state index < -0.39 is 85.4 Å². The number of hydrogen-bond donors (Lipinski definition) is 8. The van der Waals surface area contributed by atoms with E-state index >= 15 is 0 Å². The van der Waals surface area contributed by atoms with Crippen LogP contribution in [-0.4, -0.2) is 104 Å². The van der Waals surface area contributed by atoms with Crippen molar-refractivity contribution in [1.82, 2.24) is 15.5 Å². The highest BCUT2D eigenvalue weighted by atomic mass is 35.5. The monoisotopic (exact) mass is 477 g/mol. The van der Waals surface area contributed by atoms with Crippen LogP contribution in [0.15, 0.2) is 0 Å². The SMILES string of the molecule is C[C@H](NC(=O)[C@H](C)NC(=O)C(CC(F)(F)[C@@H]1O[C@H](CO)[C@H](O)[C@H](O)[C@H]1O)NCl)C(=O)O. The molecule has 8 atom stereocenters. The van der Waals surface area contributed by atoms with Gasteiger partial charge in [0.1, 0.15) is 48.6 Å². The van der Waals surface area contributed by atoms with Crippen molar-refractivity contribution < 1.29 is 53.4 Å². The van der Waals surface area contributed by atoms with Gasteiger partial charge >= 0.3 is 5.97 Å². The van der Waals surface area contributed by atoms with E-state index in [2.05, 4.69) is 10.6 Å². The molecule has 0 radical (unpaired) electrons. The molecule has 1 rings (SSSR count). The average molecular weight is 478 g/mol. The third-order valence-corrected chi connectivity index (χ3v) is 4.98. The minimum Gasteiger partial charge on any atom is -0.480 e. The summed E-state index contributed by atoms with van der Waals surface area (Å²) in [7, 11) is 0. The molecule has 0 aliphatic carbocycles. The van der Waals surface area contributed by atoms with Crippen molar-refractivity contribution in [1.29, 1.82) is 0 Å². The Labute approximate surface area is 180 Å². The van der Waals surface area contributed by atoms with Gasteiger partial charge in [0.25, 0.3) is 5.92 Å². The van der Waals surface area contributed by atoms with Gasteiger partial charge in [-0.3, -0.25) is 14.4 Å². The molecule has 1 fully saturated rings. The minimum absolute atomic E-state index is 0.891. The summed E-state index contributed by atoms with van der Waals surface area (Å²) in [5.41, 5.74) is 0. The fourth-order valence-electron chi connectivity index (χ4n) is 2.80. The first-order chi connectivity index (χ1) is 14.3. The van der Waals surface area contributed by atoms with E-state index in [1.807, 2.05) is 4.84 Å². The molecule has 0 bridgehead atoms. The first-order valence-corrected chi connectivity index (χ1v) is 9.52. The van der Waals surface area contributed by atoms with Gasteiger partial charge in [-0.2, -0.15) is 0 Å². The highest BCUT2D eigenvalue weighted by Crippen LogP contribution is 2.35. The predicted molar refractivity (Wildman–Crippen MR) is 99.0 cm³/mol. The van der Waals surface area contributed by atoms with Crippen molar-refractivity contribution in [3.8, 4) is 0 Å². The lowest BCUT2D eigenvalue weighted by Crippen LogP contribution is -2.64. The number of nitrogens with one attached hydrogen (secondary N) is 3. The van der Waals surface area contributed by atoms with Gasteiger partial charge in [-0.05, 0) is 25.6 Å². The Morgan fingerprint density at radius 2 is 1.58 bits per heavy atom. The Hall–Kier alpha value is -1.68. The van der Waals surface area contributed by atoms with Gasteiger partial charge in [0.05, 0.1) is 6.61 Å². The van der Waals surface area contributed by atoms with Crippen molar-refractivity contribution in [2.24, 2.45) is 0 Å². The largest absolute Gasteiger partial charge is 0.480 e. The molecule has 1 aliphatic heterocycles. The van der Waals surface area contributed by atoms with Crippen molar-refractivity contribution in [2.45, 2.75) is 74.8 Å². The van der Waals surface area contributed by atoms with Gasteiger partial charge in [0.15, 0.2) is 0 Å². The predicted octanol–water partition coefficient (Wildman–Crippen LogP) is -2.94. The second-order valence-corrected chi connectivity index (χ2v) is 7.39. The molecule has 12 nitrogen and oxygen atoms in total. The zero-order valence-electron chi connectivity index (χ0n) is 16.5. The van der Waals surface area contributed by atoms with Gasteiger partial charge in [-0.1, -0.05) is 0 Å². The lowest BCUT2D eigenvalue weighted by molar-refractivity contribution is -0.282. The number of carbonyl (C=O) groups excluding carboxylic acids is 2. The van der Waals surface area contributed by atoms with Crippen LogP contribution in [-0.2, 0) is 19.1 Å². The van der Waals surface area contributed by atoms with Crippen molar-refractivity contribution in [3.63, 3.8) is 0 Å². The molecule has 180 valence electrons. The first kappa shape index (κ1) is 27.4. The number of aliphatic hydroxyl groups excluding tert-OH is 4. The number of rotatable bonds is 10. The fraction of sp³-hybridized carbons (Fsp3) is 0.812. The third kappa shape index (κ3) is 6.90. The van der Waals surface area contributed by atoms with Crippen LogP contribution in [0.1, 0.15) is 20.3 Å². The molecule has 0 aromatic rings. The number of ether oxygens (including phenoxy) is 1. The molecule has 1 saturated heterocycles. The number of aliphatic hydroxyl groups is 4. The van der Waals surface area contributed by atoms with Crippen molar-refractivity contribution in [3.05, 3.63) is 0 Å². The molecule has 1 aliphatic rings. The van der Waals surface area contributed by atoms with Gasteiger partial charge in [0, 0.05) is 6.42 Å². The first-order valence-electron chi connectivity index (χ1n) is 9.14. The quantitative estimate of drug-likeness (QED) is 0.151. The molecule has 2 amide bonds. The van der Waals surface area contributed by atoms with Crippen LogP contribution < -0.4 is 15.5 Å². The summed E-state index contributed by atoms with van der Waals surface area (Å²) in [4.78, 5) is 36.7. The maximum Gasteiger partial charge on any atom is 0.325 e. The van der Waals surface area contributed by atoms with Crippen LogP contribution in [0.5, 0.6) is 0 Å². The summed E-state index contributed by atoms with van der Waals surface area (Å²) < 4.78 is 34.3. The second kappa shape index (κ2) is 11.3. The van der Waals surface area contributed by atoms with Crippen molar-refractivity contribution >= 4 is 29.6 Å². The van der Waals surface area contributed by atoms with Gasteiger partial charge in [-0.25, -0.2) is 13.6 Å². The molecule has 1 unspecified atom stereocenters. The summed E-state index contributed by atoms with van der Waals surface area (Å²) in [6.45, 7) is 1.44. The van der Waals surface area contributed by atoms with E-state index in [0.717, 1.165) is 0 Å². The van der Waals surface area contributed by atoms with Gasteiger partial charge in [0.2, 0.25) is 11.8 Å². The van der Waals surface area contributed by atoms with E-state index in [0.29, 0.717) is 0 Å². The number of carboxylic acids is 1. The van der Waals surface area contributed by atoms with Crippen LogP contribution >= 0.6 is 11.8 Å². The molecule has 15 heteroatoms. The lowest BCUT2D eigenvalue weighted by Gasteiger charge is -2.43. The number of hydrogen-bond acceptors (Lipinski definition) is 9. The molecule has 1 heterocycles. The van der Waals surface area contributed by atoms with E-state index in [1.165, 1.54) is 13.8 Å². The van der Waals surface area contributed by atoms with Crippen LogP contribution in [0.25, 0.3) is 0 Å². The summed E-state index contributed by atoms with van der Waals surface area (Å²) in [6, 6.07) is -4.37. The van der Waals surface area contributed by atoms with E-state index in [-0.39, 0.29) is 0 Å². The Morgan fingerprint density at radius 3 is 2.06 bits per heavy atom.